The number of aromatic nitrogens is 2. The molecule has 0 aliphatic heterocycles. The Hall–Kier alpha value is -3.85. The molecular formula is C21H18ClN5O4. The lowest BCUT2D eigenvalue weighted by atomic mass is 10.2. The van der Waals surface area contributed by atoms with Crippen LogP contribution in [-0.2, 0) is 6.54 Å². The first-order valence-corrected chi connectivity index (χ1v) is 9.86. The van der Waals surface area contributed by atoms with Gasteiger partial charge < -0.3 is 15.4 Å². The fourth-order valence-corrected chi connectivity index (χ4v) is 3.64. The summed E-state index contributed by atoms with van der Waals surface area (Å²) in [5.74, 6) is 0. The number of nitro benzene ring substituents is 1. The summed E-state index contributed by atoms with van der Waals surface area (Å²) < 4.78 is 4.60. The average Bonchev–Trinajstić information content (AvgIpc) is 3.14. The van der Waals surface area contributed by atoms with Gasteiger partial charge in [-0.3, -0.25) is 14.7 Å². The molecule has 4 rings (SSSR count). The number of nitro groups is 1. The number of anilines is 2. The molecule has 1 aromatic heterocycles. The van der Waals surface area contributed by atoms with E-state index in [1.165, 1.54) is 6.07 Å². The summed E-state index contributed by atoms with van der Waals surface area (Å²) in [6.07, 6.45) is 0. The van der Waals surface area contributed by atoms with Crippen molar-refractivity contribution in [2.75, 3.05) is 23.3 Å². The van der Waals surface area contributed by atoms with Crippen LogP contribution in [0.2, 0.25) is 5.02 Å². The van der Waals surface area contributed by atoms with Crippen LogP contribution in [0.5, 0.6) is 0 Å². The molecule has 10 heteroatoms. The van der Waals surface area contributed by atoms with E-state index in [0.717, 1.165) is 11.3 Å². The van der Waals surface area contributed by atoms with Gasteiger partial charge >= 0.3 is 5.69 Å². The highest BCUT2D eigenvalue weighted by atomic mass is 35.5. The molecule has 0 saturated carbocycles. The summed E-state index contributed by atoms with van der Waals surface area (Å²) in [5, 5.41) is 29.9. The Morgan fingerprint density at radius 2 is 1.81 bits per heavy atom. The first kappa shape index (κ1) is 20.4. The second-order valence-corrected chi connectivity index (χ2v) is 7.21. The van der Waals surface area contributed by atoms with Crippen LogP contribution in [0.4, 0.5) is 17.1 Å². The molecule has 0 bridgehead atoms. The van der Waals surface area contributed by atoms with E-state index in [4.69, 9.17) is 11.6 Å². The molecule has 4 aromatic rings. The van der Waals surface area contributed by atoms with Crippen LogP contribution < -0.4 is 15.1 Å². The molecule has 0 radical (unpaired) electrons. The van der Waals surface area contributed by atoms with Gasteiger partial charge in [0.05, 0.1) is 4.92 Å². The summed E-state index contributed by atoms with van der Waals surface area (Å²) in [7, 11) is 0. The predicted octanol–water partition coefficient (Wildman–Crippen LogP) is 4.14. The van der Waals surface area contributed by atoms with Gasteiger partial charge in [-0.25, -0.2) is 0 Å². The number of benzene rings is 3. The zero-order valence-electron chi connectivity index (χ0n) is 16.3. The van der Waals surface area contributed by atoms with E-state index >= 15 is 0 Å². The topological polar surface area (TPSA) is 111 Å². The maximum absolute atomic E-state index is 11.8. The summed E-state index contributed by atoms with van der Waals surface area (Å²) in [6.45, 7) is 1.52. The van der Waals surface area contributed by atoms with Gasteiger partial charge in [-0.05, 0) is 22.6 Å². The zero-order chi connectivity index (χ0) is 21.8. The molecule has 31 heavy (non-hydrogen) atoms. The van der Waals surface area contributed by atoms with Gasteiger partial charge in [-0.2, -0.15) is 0 Å². The van der Waals surface area contributed by atoms with Crippen molar-refractivity contribution in [1.29, 1.82) is 0 Å². The monoisotopic (exact) mass is 439 g/mol. The van der Waals surface area contributed by atoms with Gasteiger partial charge in [0.2, 0.25) is 5.52 Å². The number of nitrogens with zero attached hydrogens (tertiary/aromatic N) is 4. The van der Waals surface area contributed by atoms with Crippen molar-refractivity contribution in [3.63, 3.8) is 0 Å². The van der Waals surface area contributed by atoms with Crippen LogP contribution in [-0.4, -0.2) is 23.2 Å². The molecule has 1 N–H and O–H groups in total. The fraction of sp³-hybridized carbons (Fsp3) is 0.143. The van der Waals surface area contributed by atoms with Crippen molar-refractivity contribution in [1.82, 2.24) is 5.16 Å². The molecule has 1 heterocycles. The van der Waals surface area contributed by atoms with Gasteiger partial charge in [-0.15, -0.1) is 0 Å². The molecule has 9 nitrogen and oxygen atoms in total. The van der Waals surface area contributed by atoms with Crippen molar-refractivity contribution in [2.24, 2.45) is 0 Å². The number of halogens is 1. The Labute approximate surface area is 182 Å². The first-order valence-electron chi connectivity index (χ1n) is 9.48. The molecule has 0 atom stereocenters. The third kappa shape index (κ3) is 4.36. The second kappa shape index (κ2) is 8.88. The lowest BCUT2D eigenvalue weighted by Gasteiger charge is -2.25. The molecular weight excluding hydrogens is 422 g/mol. The van der Waals surface area contributed by atoms with Crippen LogP contribution in [0.25, 0.3) is 11.0 Å². The predicted molar refractivity (Wildman–Crippen MR) is 117 cm³/mol. The van der Waals surface area contributed by atoms with Crippen molar-refractivity contribution < 1.29 is 14.5 Å². The Kier molecular flexibility index (Phi) is 5.85. The maximum Gasteiger partial charge on any atom is 0.315 e. The average molecular weight is 440 g/mol. The fourth-order valence-electron chi connectivity index (χ4n) is 3.37. The molecule has 158 valence electrons. The number of hydrogen-bond acceptors (Lipinski definition) is 7. The van der Waals surface area contributed by atoms with Crippen LogP contribution in [0.15, 0.2) is 71.4 Å². The smallest absolute Gasteiger partial charge is 0.315 e. The highest BCUT2D eigenvalue weighted by Gasteiger charge is 2.29. The van der Waals surface area contributed by atoms with Gasteiger partial charge in [0.25, 0.3) is 5.52 Å². The van der Waals surface area contributed by atoms with E-state index in [0.29, 0.717) is 19.6 Å². The van der Waals surface area contributed by atoms with Crippen LogP contribution in [0, 0.1) is 15.3 Å². The Morgan fingerprint density at radius 1 is 1.13 bits per heavy atom. The standard InChI is InChI=1S/C21H18ClN5O4/c22-17-13-18-19(24-31-27(18)30)20(21(17)26(28)29)23-11-12-25(16-9-5-2-6-10-16)14-15-7-3-1-4-8-15/h1-10,13,23H,11-12,14H2. The van der Waals surface area contributed by atoms with E-state index in [1.54, 1.807) is 0 Å². The number of para-hydroxylation sites is 1. The van der Waals surface area contributed by atoms with Crippen molar-refractivity contribution >= 4 is 39.7 Å². The molecule has 0 amide bonds. The number of nitrogens with one attached hydrogen (secondary N) is 1. The zero-order valence-corrected chi connectivity index (χ0v) is 17.0. The Morgan fingerprint density at radius 3 is 2.48 bits per heavy atom. The van der Waals surface area contributed by atoms with E-state index in [9.17, 15) is 15.3 Å². The minimum atomic E-state index is -0.604. The molecule has 0 aliphatic carbocycles. The second-order valence-electron chi connectivity index (χ2n) is 6.81. The molecule has 0 fully saturated rings. The van der Waals surface area contributed by atoms with Gasteiger partial charge in [0.1, 0.15) is 5.02 Å². The summed E-state index contributed by atoms with van der Waals surface area (Å²) in [5.41, 5.74) is 1.92. The number of hydrogen-bond donors (Lipinski definition) is 1. The van der Waals surface area contributed by atoms with Crippen LogP contribution >= 0.6 is 11.6 Å². The maximum atomic E-state index is 11.8. The summed E-state index contributed by atoms with van der Waals surface area (Å²) in [4.78, 5) is 13.3. The number of rotatable bonds is 8. The van der Waals surface area contributed by atoms with E-state index in [2.05, 4.69) is 20.0 Å². The van der Waals surface area contributed by atoms with Crippen LogP contribution in [0.3, 0.4) is 0 Å². The minimum absolute atomic E-state index is 0.0160. The van der Waals surface area contributed by atoms with Gasteiger partial charge in [0, 0.05) is 36.5 Å². The third-order valence-corrected chi connectivity index (χ3v) is 5.10. The SMILES string of the molecule is O=[N+]([O-])c1c(Cl)cc2c(no[n+]2[O-])c1NCCN(Cc1ccccc1)c1ccccc1. The summed E-state index contributed by atoms with van der Waals surface area (Å²) >= 11 is 6.06. The quantitative estimate of drug-likeness (QED) is 0.249. The highest BCUT2D eigenvalue weighted by molar-refractivity contribution is 6.34. The molecule has 3 aromatic carbocycles. The van der Waals surface area contributed by atoms with Gasteiger partial charge in [0.15, 0.2) is 5.69 Å². The Balaban J connectivity index is 1.59. The highest BCUT2D eigenvalue weighted by Crippen LogP contribution is 2.37. The lowest BCUT2D eigenvalue weighted by Crippen LogP contribution is -2.29. The van der Waals surface area contributed by atoms with E-state index in [-0.39, 0.29) is 32.3 Å². The normalized spacial score (nSPS) is 10.9. The molecule has 0 spiro atoms. The van der Waals surface area contributed by atoms with Crippen molar-refractivity contribution in [2.45, 2.75) is 6.54 Å². The van der Waals surface area contributed by atoms with Crippen molar-refractivity contribution in [3.05, 3.63) is 92.6 Å². The van der Waals surface area contributed by atoms with Crippen molar-refractivity contribution in [3.8, 4) is 0 Å². The molecule has 0 saturated heterocycles. The number of fused-ring (bicyclic) bond motifs is 1. The van der Waals surface area contributed by atoms with Gasteiger partial charge in [-0.1, -0.05) is 60.1 Å². The molecule has 0 aliphatic rings. The van der Waals surface area contributed by atoms with E-state index in [1.807, 2.05) is 60.7 Å². The third-order valence-electron chi connectivity index (χ3n) is 4.81. The minimum Gasteiger partial charge on any atom is -0.374 e. The molecule has 0 unspecified atom stereocenters. The largest absolute Gasteiger partial charge is 0.374 e. The Bertz CT molecular complexity index is 1200. The first-order chi connectivity index (χ1) is 15.0. The van der Waals surface area contributed by atoms with E-state index < -0.39 is 4.92 Å². The lowest BCUT2D eigenvalue weighted by molar-refractivity contribution is -0.782. The summed E-state index contributed by atoms with van der Waals surface area (Å²) in [6, 6.07) is 21.0. The van der Waals surface area contributed by atoms with Crippen LogP contribution in [0.1, 0.15) is 5.56 Å².